The van der Waals surface area contributed by atoms with Crippen LogP contribution in [-0.4, -0.2) is 40.8 Å². The molecule has 1 aliphatic carbocycles. The molecule has 2 aliphatic rings. The van der Waals surface area contributed by atoms with Crippen LogP contribution in [-0.2, 0) is 5.41 Å². The van der Waals surface area contributed by atoms with Crippen molar-refractivity contribution in [2.75, 3.05) is 20.1 Å². The minimum atomic E-state index is 0.0410. The Morgan fingerprint density at radius 1 is 1.16 bits per heavy atom. The fourth-order valence-corrected chi connectivity index (χ4v) is 4.58. The lowest BCUT2D eigenvalue weighted by molar-refractivity contribution is 0.0945. The number of ketones is 1. The number of benzene rings is 1. The van der Waals surface area contributed by atoms with Crippen molar-refractivity contribution in [2.24, 2.45) is 0 Å². The van der Waals surface area contributed by atoms with Crippen molar-refractivity contribution in [1.82, 2.24) is 14.9 Å². The molecule has 1 fully saturated rings. The second-order valence-corrected chi connectivity index (χ2v) is 7.55. The van der Waals surface area contributed by atoms with Gasteiger partial charge in [-0.05, 0) is 62.3 Å². The number of pyridine rings is 1. The molecule has 25 heavy (non-hydrogen) atoms. The van der Waals surface area contributed by atoms with E-state index >= 15 is 0 Å². The van der Waals surface area contributed by atoms with Crippen molar-refractivity contribution in [3.8, 4) is 11.1 Å². The molecule has 0 amide bonds. The summed E-state index contributed by atoms with van der Waals surface area (Å²) >= 11 is 0. The number of likely N-dealkylation sites (tertiary alicyclic amines) is 1. The van der Waals surface area contributed by atoms with Crippen molar-refractivity contribution in [1.29, 1.82) is 0 Å². The minimum Gasteiger partial charge on any atom is -0.346 e. The Labute approximate surface area is 146 Å². The molecule has 0 saturated carbocycles. The van der Waals surface area contributed by atoms with Gasteiger partial charge in [-0.1, -0.05) is 12.1 Å². The topological polar surface area (TPSA) is 49.0 Å². The molecule has 1 N–H and O–H groups in total. The molecule has 1 spiro atoms. The van der Waals surface area contributed by atoms with Crippen molar-refractivity contribution in [3.05, 3.63) is 53.9 Å². The Bertz CT molecular complexity index is 980. The maximum absolute atomic E-state index is 12.6. The van der Waals surface area contributed by atoms with Gasteiger partial charge in [-0.25, -0.2) is 4.98 Å². The SMILES string of the molecule is CN1CCC2(CC1)CC(=O)c1ccc(-c3c[nH]c4ncccc34)cc12. The molecule has 0 bridgehead atoms. The van der Waals surface area contributed by atoms with E-state index in [0.717, 1.165) is 48.1 Å². The van der Waals surface area contributed by atoms with E-state index in [4.69, 9.17) is 0 Å². The molecule has 1 aromatic carbocycles. The number of nitrogens with zero attached hydrogens (tertiary/aromatic N) is 2. The molecule has 2 aromatic heterocycles. The third-order valence-corrected chi connectivity index (χ3v) is 6.10. The molecule has 3 aromatic rings. The average Bonchev–Trinajstić information content (AvgIpc) is 3.18. The molecule has 126 valence electrons. The predicted octanol–water partition coefficient (Wildman–Crippen LogP) is 3.78. The van der Waals surface area contributed by atoms with Gasteiger partial charge in [-0.15, -0.1) is 0 Å². The van der Waals surface area contributed by atoms with E-state index in [1.165, 1.54) is 11.1 Å². The van der Waals surface area contributed by atoms with Gasteiger partial charge in [0.05, 0.1) is 0 Å². The summed E-state index contributed by atoms with van der Waals surface area (Å²) < 4.78 is 0. The van der Waals surface area contributed by atoms with Crippen LogP contribution in [0, 0.1) is 0 Å². The molecular weight excluding hydrogens is 310 g/mol. The maximum atomic E-state index is 12.6. The van der Waals surface area contributed by atoms with Gasteiger partial charge in [-0.2, -0.15) is 0 Å². The van der Waals surface area contributed by atoms with Gasteiger partial charge in [0.25, 0.3) is 0 Å². The fourth-order valence-electron chi connectivity index (χ4n) is 4.58. The summed E-state index contributed by atoms with van der Waals surface area (Å²) in [6.45, 7) is 2.13. The highest BCUT2D eigenvalue weighted by atomic mass is 16.1. The van der Waals surface area contributed by atoms with Gasteiger partial charge in [-0.3, -0.25) is 4.79 Å². The zero-order valence-corrected chi connectivity index (χ0v) is 14.4. The largest absolute Gasteiger partial charge is 0.346 e. The number of piperidine rings is 1. The molecule has 4 heteroatoms. The van der Waals surface area contributed by atoms with E-state index in [1.807, 2.05) is 18.3 Å². The summed E-state index contributed by atoms with van der Waals surface area (Å²) in [5, 5.41) is 1.13. The lowest BCUT2D eigenvalue weighted by Crippen LogP contribution is -2.39. The van der Waals surface area contributed by atoms with Gasteiger partial charge < -0.3 is 9.88 Å². The Morgan fingerprint density at radius 2 is 2.00 bits per heavy atom. The number of nitrogens with one attached hydrogen (secondary N) is 1. The van der Waals surface area contributed by atoms with Crippen LogP contribution in [0.25, 0.3) is 22.2 Å². The predicted molar refractivity (Wildman–Crippen MR) is 98.9 cm³/mol. The molecule has 1 saturated heterocycles. The van der Waals surface area contributed by atoms with E-state index < -0.39 is 0 Å². The fraction of sp³-hybridized carbons (Fsp3) is 0.333. The maximum Gasteiger partial charge on any atom is 0.164 e. The zero-order chi connectivity index (χ0) is 17.0. The number of aromatic amines is 1. The van der Waals surface area contributed by atoms with E-state index in [0.29, 0.717) is 12.2 Å². The number of Topliss-reactive ketones (excluding diaryl/α,β-unsaturated/α-hetero) is 1. The second-order valence-electron chi connectivity index (χ2n) is 7.55. The second kappa shape index (κ2) is 5.27. The highest BCUT2D eigenvalue weighted by Crippen LogP contribution is 2.47. The van der Waals surface area contributed by atoms with Crippen LogP contribution in [0.1, 0.15) is 35.2 Å². The smallest absolute Gasteiger partial charge is 0.164 e. The van der Waals surface area contributed by atoms with Crippen LogP contribution >= 0.6 is 0 Å². The lowest BCUT2D eigenvalue weighted by atomic mass is 9.73. The summed E-state index contributed by atoms with van der Waals surface area (Å²) in [6.07, 6.45) is 6.65. The summed E-state index contributed by atoms with van der Waals surface area (Å²) in [5.41, 5.74) is 5.48. The van der Waals surface area contributed by atoms with Gasteiger partial charge in [0.1, 0.15) is 5.65 Å². The molecule has 4 nitrogen and oxygen atoms in total. The Balaban J connectivity index is 1.65. The summed E-state index contributed by atoms with van der Waals surface area (Å²) in [6, 6.07) is 10.4. The number of carbonyl (C=O) groups is 1. The molecule has 0 radical (unpaired) electrons. The molecule has 1 aliphatic heterocycles. The van der Waals surface area contributed by atoms with Crippen molar-refractivity contribution >= 4 is 16.8 Å². The van der Waals surface area contributed by atoms with Crippen molar-refractivity contribution < 1.29 is 4.79 Å². The summed E-state index contributed by atoms with van der Waals surface area (Å²) in [7, 11) is 2.17. The minimum absolute atomic E-state index is 0.0410. The summed E-state index contributed by atoms with van der Waals surface area (Å²) in [5.74, 6) is 0.312. The molecule has 0 unspecified atom stereocenters. The highest BCUT2D eigenvalue weighted by Gasteiger charge is 2.44. The normalized spacial score (nSPS) is 19.6. The first-order valence-electron chi connectivity index (χ1n) is 8.95. The van der Waals surface area contributed by atoms with Crippen molar-refractivity contribution in [3.63, 3.8) is 0 Å². The van der Waals surface area contributed by atoms with Crippen LogP contribution in [0.2, 0.25) is 0 Å². The first kappa shape index (κ1) is 14.8. The Morgan fingerprint density at radius 3 is 2.84 bits per heavy atom. The number of hydrogen-bond acceptors (Lipinski definition) is 3. The van der Waals surface area contributed by atoms with Gasteiger partial charge in [0.2, 0.25) is 0 Å². The number of aromatic nitrogens is 2. The molecular formula is C21H21N3O. The van der Waals surface area contributed by atoms with Crippen LogP contribution < -0.4 is 0 Å². The first-order valence-corrected chi connectivity index (χ1v) is 8.95. The summed E-state index contributed by atoms with van der Waals surface area (Å²) in [4.78, 5) is 22.6. The number of hydrogen-bond donors (Lipinski definition) is 1. The van der Waals surface area contributed by atoms with Crippen LogP contribution in [0.15, 0.2) is 42.7 Å². The monoisotopic (exact) mass is 331 g/mol. The van der Waals surface area contributed by atoms with Crippen LogP contribution in [0.3, 0.4) is 0 Å². The Kier molecular flexibility index (Phi) is 3.13. The van der Waals surface area contributed by atoms with E-state index in [1.54, 1.807) is 6.20 Å². The van der Waals surface area contributed by atoms with E-state index in [9.17, 15) is 4.79 Å². The van der Waals surface area contributed by atoms with Gasteiger partial charge in [0.15, 0.2) is 5.78 Å². The Hall–Kier alpha value is -2.46. The molecule has 5 rings (SSSR count). The third kappa shape index (κ3) is 2.17. The average molecular weight is 331 g/mol. The molecule has 0 atom stereocenters. The van der Waals surface area contributed by atoms with Crippen LogP contribution in [0.4, 0.5) is 0 Å². The van der Waals surface area contributed by atoms with Gasteiger partial charge >= 0.3 is 0 Å². The lowest BCUT2D eigenvalue weighted by Gasteiger charge is -2.38. The zero-order valence-electron chi connectivity index (χ0n) is 14.4. The third-order valence-electron chi connectivity index (χ3n) is 6.10. The quantitative estimate of drug-likeness (QED) is 0.738. The molecule has 3 heterocycles. The number of rotatable bonds is 1. The van der Waals surface area contributed by atoms with E-state index in [-0.39, 0.29) is 5.41 Å². The number of carbonyl (C=O) groups excluding carboxylic acids is 1. The highest BCUT2D eigenvalue weighted by molar-refractivity contribution is 6.03. The van der Waals surface area contributed by atoms with Crippen LogP contribution in [0.5, 0.6) is 0 Å². The van der Waals surface area contributed by atoms with Gasteiger partial charge in [0, 0.05) is 40.7 Å². The van der Waals surface area contributed by atoms with Crippen molar-refractivity contribution in [2.45, 2.75) is 24.7 Å². The van der Waals surface area contributed by atoms with E-state index in [2.05, 4.69) is 40.1 Å². The first-order chi connectivity index (χ1) is 12.2. The number of fused-ring (bicyclic) bond motifs is 3. The standard InChI is InChI=1S/C21H21N3O/c1-24-9-6-21(7-10-24)12-19(25)16-5-4-14(11-18(16)21)17-13-23-20-15(17)3-2-8-22-20/h2-5,8,11,13H,6-7,9-10,12H2,1H3,(H,22,23). The number of H-pyrrole nitrogens is 1.